The first kappa shape index (κ1) is 17.2. The Morgan fingerprint density at radius 3 is 2.48 bits per heavy atom. The van der Waals surface area contributed by atoms with Gasteiger partial charge in [0.05, 0.1) is 10.7 Å². The second-order valence-electron chi connectivity index (χ2n) is 5.14. The molecule has 4 nitrogen and oxygen atoms in total. The SMILES string of the molecule is O=C(Nc1ccc(F)cc1)c1cc(Nc2cc(Cl)ccc2Cl)ccn1. The Kier molecular flexibility index (Phi) is 5.16. The Balaban J connectivity index is 1.77. The van der Waals surface area contributed by atoms with E-state index in [-0.39, 0.29) is 11.5 Å². The molecule has 2 N–H and O–H groups in total. The second-order valence-corrected chi connectivity index (χ2v) is 5.98. The molecule has 0 aliphatic heterocycles. The molecule has 1 heterocycles. The van der Waals surface area contributed by atoms with E-state index in [0.717, 1.165) is 0 Å². The molecule has 2 aromatic carbocycles. The summed E-state index contributed by atoms with van der Waals surface area (Å²) in [7, 11) is 0. The van der Waals surface area contributed by atoms with E-state index in [2.05, 4.69) is 15.6 Å². The fourth-order valence-electron chi connectivity index (χ4n) is 2.11. The van der Waals surface area contributed by atoms with Crippen molar-refractivity contribution in [3.05, 3.63) is 82.4 Å². The normalized spacial score (nSPS) is 10.4. The lowest BCUT2D eigenvalue weighted by atomic mass is 10.2. The van der Waals surface area contributed by atoms with Gasteiger partial charge in [0.15, 0.2) is 0 Å². The monoisotopic (exact) mass is 375 g/mol. The van der Waals surface area contributed by atoms with Crippen LogP contribution in [0, 0.1) is 5.82 Å². The molecular weight excluding hydrogens is 364 g/mol. The first-order chi connectivity index (χ1) is 12.0. The molecule has 0 atom stereocenters. The van der Waals surface area contributed by atoms with Crippen LogP contribution >= 0.6 is 23.2 Å². The predicted octanol–water partition coefficient (Wildman–Crippen LogP) is 5.52. The van der Waals surface area contributed by atoms with Crippen molar-refractivity contribution in [2.24, 2.45) is 0 Å². The van der Waals surface area contributed by atoms with Crippen LogP contribution in [0.25, 0.3) is 0 Å². The number of hydrogen-bond acceptors (Lipinski definition) is 3. The van der Waals surface area contributed by atoms with Gasteiger partial charge in [-0.1, -0.05) is 23.2 Å². The summed E-state index contributed by atoms with van der Waals surface area (Å²) in [4.78, 5) is 16.3. The van der Waals surface area contributed by atoms with E-state index in [1.54, 1.807) is 30.3 Å². The minimum atomic E-state index is -0.410. The Morgan fingerprint density at radius 2 is 1.72 bits per heavy atom. The van der Waals surface area contributed by atoms with E-state index >= 15 is 0 Å². The number of rotatable bonds is 4. The number of nitrogens with zero attached hydrogens (tertiary/aromatic N) is 1. The fraction of sp³-hybridized carbons (Fsp3) is 0. The topological polar surface area (TPSA) is 54.0 Å². The fourth-order valence-corrected chi connectivity index (χ4v) is 2.45. The van der Waals surface area contributed by atoms with Crippen LogP contribution in [0.4, 0.5) is 21.5 Å². The van der Waals surface area contributed by atoms with Crippen LogP contribution < -0.4 is 10.6 Å². The highest BCUT2D eigenvalue weighted by Gasteiger charge is 2.10. The van der Waals surface area contributed by atoms with Crippen molar-refractivity contribution in [1.29, 1.82) is 0 Å². The molecule has 0 aliphatic carbocycles. The number of benzene rings is 2. The molecule has 0 saturated heterocycles. The van der Waals surface area contributed by atoms with Crippen molar-refractivity contribution in [3.63, 3.8) is 0 Å². The molecule has 0 spiro atoms. The highest BCUT2D eigenvalue weighted by atomic mass is 35.5. The van der Waals surface area contributed by atoms with Crippen LogP contribution in [-0.2, 0) is 0 Å². The summed E-state index contributed by atoms with van der Waals surface area (Å²) in [6.07, 6.45) is 1.50. The van der Waals surface area contributed by atoms with E-state index in [1.807, 2.05) is 0 Å². The maximum atomic E-state index is 12.9. The van der Waals surface area contributed by atoms with Crippen LogP contribution in [0.2, 0.25) is 10.0 Å². The Hall–Kier alpha value is -2.63. The summed E-state index contributed by atoms with van der Waals surface area (Å²) in [6, 6.07) is 13.8. The van der Waals surface area contributed by atoms with Crippen molar-refractivity contribution in [2.45, 2.75) is 0 Å². The van der Waals surface area contributed by atoms with Gasteiger partial charge in [0.25, 0.3) is 5.91 Å². The number of aromatic nitrogens is 1. The van der Waals surface area contributed by atoms with Crippen LogP contribution in [0.3, 0.4) is 0 Å². The highest BCUT2D eigenvalue weighted by Crippen LogP contribution is 2.28. The van der Waals surface area contributed by atoms with Crippen LogP contribution in [-0.4, -0.2) is 10.9 Å². The number of carbonyl (C=O) groups is 1. The number of pyridine rings is 1. The summed E-state index contributed by atoms with van der Waals surface area (Å²) in [5.41, 5.74) is 1.92. The van der Waals surface area contributed by atoms with E-state index < -0.39 is 5.91 Å². The molecule has 0 saturated carbocycles. The lowest BCUT2D eigenvalue weighted by Crippen LogP contribution is -2.13. The van der Waals surface area contributed by atoms with Gasteiger partial charge in [-0.05, 0) is 54.6 Å². The van der Waals surface area contributed by atoms with E-state index in [4.69, 9.17) is 23.2 Å². The van der Waals surface area contributed by atoms with Gasteiger partial charge in [-0.3, -0.25) is 9.78 Å². The van der Waals surface area contributed by atoms with Gasteiger partial charge < -0.3 is 10.6 Å². The summed E-state index contributed by atoms with van der Waals surface area (Å²) < 4.78 is 12.9. The number of anilines is 3. The molecule has 1 amide bonds. The minimum Gasteiger partial charge on any atom is -0.354 e. The van der Waals surface area contributed by atoms with Gasteiger partial charge in [-0.2, -0.15) is 0 Å². The first-order valence-corrected chi connectivity index (χ1v) is 8.02. The number of amides is 1. The zero-order chi connectivity index (χ0) is 17.8. The van der Waals surface area contributed by atoms with Crippen molar-refractivity contribution >= 4 is 46.2 Å². The van der Waals surface area contributed by atoms with Gasteiger partial charge in [0.2, 0.25) is 0 Å². The third kappa shape index (κ3) is 4.47. The summed E-state index contributed by atoms with van der Waals surface area (Å²) >= 11 is 12.1. The number of halogens is 3. The minimum absolute atomic E-state index is 0.201. The Bertz CT molecular complexity index is 916. The number of carbonyl (C=O) groups excluding carboxylic acids is 1. The van der Waals surface area contributed by atoms with E-state index in [9.17, 15) is 9.18 Å². The number of hydrogen-bond donors (Lipinski definition) is 2. The third-order valence-electron chi connectivity index (χ3n) is 3.30. The standard InChI is InChI=1S/C18H12Cl2FN3O/c19-11-1-6-15(20)16(9-11)23-14-7-8-22-17(10-14)18(25)24-13-4-2-12(21)3-5-13/h1-10H,(H,22,23)(H,24,25). The predicted molar refractivity (Wildman–Crippen MR) is 98.3 cm³/mol. The molecular formula is C18H12Cl2FN3O. The van der Waals surface area contributed by atoms with E-state index in [1.165, 1.54) is 30.5 Å². The highest BCUT2D eigenvalue weighted by molar-refractivity contribution is 6.35. The molecule has 0 fully saturated rings. The molecule has 3 rings (SSSR count). The summed E-state index contributed by atoms with van der Waals surface area (Å²) in [5, 5.41) is 6.78. The van der Waals surface area contributed by atoms with Crippen molar-refractivity contribution in [3.8, 4) is 0 Å². The maximum Gasteiger partial charge on any atom is 0.274 e. The lowest BCUT2D eigenvalue weighted by molar-refractivity contribution is 0.102. The third-order valence-corrected chi connectivity index (χ3v) is 3.87. The molecule has 25 heavy (non-hydrogen) atoms. The second kappa shape index (κ2) is 7.51. The lowest BCUT2D eigenvalue weighted by Gasteiger charge is -2.10. The zero-order valence-electron chi connectivity index (χ0n) is 12.8. The van der Waals surface area contributed by atoms with Gasteiger partial charge in [-0.25, -0.2) is 4.39 Å². The average molecular weight is 376 g/mol. The van der Waals surface area contributed by atoms with Crippen molar-refractivity contribution in [2.75, 3.05) is 10.6 Å². The zero-order valence-corrected chi connectivity index (χ0v) is 14.3. The van der Waals surface area contributed by atoms with Crippen molar-refractivity contribution in [1.82, 2.24) is 4.98 Å². The Labute approximate surface area is 153 Å². The molecule has 0 unspecified atom stereocenters. The van der Waals surface area contributed by atoms with Gasteiger partial charge >= 0.3 is 0 Å². The first-order valence-electron chi connectivity index (χ1n) is 7.26. The summed E-state index contributed by atoms with van der Waals surface area (Å²) in [6.45, 7) is 0. The van der Waals surface area contributed by atoms with Crippen LogP contribution in [0.15, 0.2) is 60.8 Å². The molecule has 1 aromatic heterocycles. The molecule has 126 valence electrons. The largest absolute Gasteiger partial charge is 0.354 e. The molecule has 7 heteroatoms. The number of nitrogens with one attached hydrogen (secondary N) is 2. The maximum absolute atomic E-state index is 12.9. The smallest absolute Gasteiger partial charge is 0.274 e. The van der Waals surface area contributed by atoms with Crippen LogP contribution in [0.1, 0.15) is 10.5 Å². The van der Waals surface area contributed by atoms with Crippen LogP contribution in [0.5, 0.6) is 0 Å². The molecule has 3 aromatic rings. The quantitative estimate of drug-likeness (QED) is 0.630. The Morgan fingerprint density at radius 1 is 0.960 bits per heavy atom. The van der Waals surface area contributed by atoms with Crippen molar-refractivity contribution < 1.29 is 9.18 Å². The molecule has 0 bridgehead atoms. The average Bonchev–Trinajstić information content (AvgIpc) is 2.60. The summed E-state index contributed by atoms with van der Waals surface area (Å²) in [5.74, 6) is -0.784. The van der Waals surface area contributed by atoms with Gasteiger partial charge in [-0.15, -0.1) is 0 Å². The van der Waals surface area contributed by atoms with E-state index in [0.29, 0.717) is 27.1 Å². The van der Waals surface area contributed by atoms with Gasteiger partial charge in [0.1, 0.15) is 11.5 Å². The molecule has 0 radical (unpaired) electrons. The van der Waals surface area contributed by atoms with Gasteiger partial charge in [0, 0.05) is 22.6 Å². The molecule has 0 aliphatic rings.